The van der Waals surface area contributed by atoms with Gasteiger partial charge in [0, 0.05) is 5.56 Å². The molecule has 100 valence electrons. The minimum Gasteiger partial charge on any atom is -0.467 e. The fraction of sp³-hybridized carbons (Fsp3) is 0.267. The van der Waals surface area contributed by atoms with Crippen LogP contribution in [0.5, 0.6) is 0 Å². The minimum atomic E-state index is -0.526. The summed E-state index contributed by atoms with van der Waals surface area (Å²) in [6, 6.07) is 8.62. The molecule has 0 aliphatic carbocycles. The molecular formula is C15H17NO3. The van der Waals surface area contributed by atoms with Gasteiger partial charge in [-0.1, -0.05) is 18.2 Å². The molecular weight excluding hydrogens is 242 g/mol. The van der Waals surface area contributed by atoms with Crippen LogP contribution in [0.1, 0.15) is 33.3 Å². The van der Waals surface area contributed by atoms with Crippen LogP contribution in [0.25, 0.3) is 0 Å². The molecule has 1 unspecified atom stereocenters. The molecule has 4 nitrogen and oxygen atoms in total. The van der Waals surface area contributed by atoms with Crippen molar-refractivity contribution in [3.05, 3.63) is 59.0 Å². The van der Waals surface area contributed by atoms with Crippen LogP contribution in [0, 0.1) is 13.8 Å². The van der Waals surface area contributed by atoms with Crippen LogP contribution >= 0.6 is 0 Å². The van der Waals surface area contributed by atoms with Gasteiger partial charge in [-0.05, 0) is 37.1 Å². The van der Waals surface area contributed by atoms with Crippen molar-refractivity contribution in [1.29, 1.82) is 0 Å². The van der Waals surface area contributed by atoms with Crippen LogP contribution in [-0.2, 0) is 0 Å². The maximum atomic E-state index is 12.3. The second kappa shape index (κ2) is 5.71. The Bertz CT molecular complexity index is 541. The zero-order valence-electron chi connectivity index (χ0n) is 11.0. The van der Waals surface area contributed by atoms with Gasteiger partial charge in [0.15, 0.2) is 0 Å². The highest BCUT2D eigenvalue weighted by Crippen LogP contribution is 2.17. The zero-order valence-corrected chi connectivity index (χ0v) is 11.0. The molecule has 1 heterocycles. The van der Waals surface area contributed by atoms with Crippen molar-refractivity contribution in [2.45, 2.75) is 19.9 Å². The van der Waals surface area contributed by atoms with Crippen molar-refractivity contribution in [2.24, 2.45) is 0 Å². The van der Waals surface area contributed by atoms with Crippen LogP contribution in [0.15, 0.2) is 41.0 Å². The molecule has 2 rings (SSSR count). The maximum Gasteiger partial charge on any atom is 0.252 e. The Kier molecular flexibility index (Phi) is 4.02. The molecule has 19 heavy (non-hydrogen) atoms. The van der Waals surface area contributed by atoms with Crippen molar-refractivity contribution in [3.8, 4) is 0 Å². The van der Waals surface area contributed by atoms with Gasteiger partial charge in [0.2, 0.25) is 0 Å². The van der Waals surface area contributed by atoms with E-state index >= 15 is 0 Å². The molecule has 1 atom stereocenters. The summed E-state index contributed by atoms with van der Waals surface area (Å²) in [5.74, 6) is 0.341. The predicted octanol–water partition coefficient (Wildman–Crippen LogP) is 2.36. The van der Waals surface area contributed by atoms with Gasteiger partial charge in [-0.25, -0.2) is 0 Å². The smallest absolute Gasteiger partial charge is 0.252 e. The quantitative estimate of drug-likeness (QED) is 0.886. The molecule has 1 amide bonds. The number of aliphatic hydroxyl groups excluding tert-OH is 1. The Hall–Kier alpha value is -2.07. The lowest BCUT2D eigenvalue weighted by Crippen LogP contribution is -2.31. The summed E-state index contributed by atoms with van der Waals surface area (Å²) in [6.45, 7) is 3.58. The van der Waals surface area contributed by atoms with Crippen molar-refractivity contribution in [2.75, 3.05) is 6.61 Å². The molecule has 0 bridgehead atoms. The largest absolute Gasteiger partial charge is 0.467 e. The maximum absolute atomic E-state index is 12.3. The topological polar surface area (TPSA) is 62.5 Å². The molecule has 0 spiro atoms. The lowest BCUT2D eigenvalue weighted by atomic mass is 10.0. The molecule has 2 N–H and O–H groups in total. The van der Waals surface area contributed by atoms with E-state index < -0.39 is 6.04 Å². The van der Waals surface area contributed by atoms with E-state index in [1.807, 2.05) is 32.0 Å². The Morgan fingerprint density at radius 1 is 1.26 bits per heavy atom. The normalized spacial score (nSPS) is 12.2. The van der Waals surface area contributed by atoms with Crippen molar-refractivity contribution < 1.29 is 14.3 Å². The molecule has 0 aliphatic heterocycles. The lowest BCUT2D eigenvalue weighted by Gasteiger charge is -2.16. The van der Waals surface area contributed by atoms with Crippen molar-refractivity contribution in [1.82, 2.24) is 5.32 Å². The zero-order chi connectivity index (χ0) is 13.8. The summed E-state index contributed by atoms with van der Waals surface area (Å²) in [7, 11) is 0. The standard InChI is InChI=1S/C15H17NO3/c1-10-5-3-6-11(2)14(10)15(18)16-12(9-17)13-7-4-8-19-13/h3-8,12,17H,9H2,1-2H3,(H,16,18). The van der Waals surface area contributed by atoms with E-state index in [0.717, 1.165) is 11.1 Å². The predicted molar refractivity (Wildman–Crippen MR) is 71.9 cm³/mol. The van der Waals surface area contributed by atoms with Gasteiger partial charge in [-0.15, -0.1) is 0 Å². The van der Waals surface area contributed by atoms with Gasteiger partial charge < -0.3 is 14.8 Å². The van der Waals surface area contributed by atoms with E-state index in [1.54, 1.807) is 12.1 Å². The first kappa shape index (κ1) is 13.4. The van der Waals surface area contributed by atoms with Crippen LogP contribution in [0.4, 0.5) is 0 Å². The highest BCUT2D eigenvalue weighted by atomic mass is 16.3. The van der Waals surface area contributed by atoms with Crippen LogP contribution in [0.3, 0.4) is 0 Å². The summed E-state index contributed by atoms with van der Waals surface area (Å²) in [6.07, 6.45) is 1.52. The number of rotatable bonds is 4. The van der Waals surface area contributed by atoms with E-state index in [0.29, 0.717) is 11.3 Å². The first-order valence-electron chi connectivity index (χ1n) is 6.15. The molecule has 0 fully saturated rings. The van der Waals surface area contributed by atoms with Gasteiger partial charge in [-0.2, -0.15) is 0 Å². The highest BCUT2D eigenvalue weighted by Gasteiger charge is 2.19. The summed E-state index contributed by atoms with van der Waals surface area (Å²) in [4.78, 5) is 12.3. The number of furan rings is 1. The first-order valence-corrected chi connectivity index (χ1v) is 6.15. The van der Waals surface area contributed by atoms with Crippen LogP contribution < -0.4 is 5.32 Å². The van der Waals surface area contributed by atoms with Gasteiger partial charge in [0.1, 0.15) is 11.8 Å². The number of hydrogen-bond acceptors (Lipinski definition) is 3. The van der Waals surface area contributed by atoms with Gasteiger partial charge in [0.05, 0.1) is 12.9 Å². The second-order valence-electron chi connectivity index (χ2n) is 4.49. The average molecular weight is 259 g/mol. The van der Waals surface area contributed by atoms with Crippen molar-refractivity contribution in [3.63, 3.8) is 0 Å². The van der Waals surface area contributed by atoms with Gasteiger partial charge >= 0.3 is 0 Å². The van der Waals surface area contributed by atoms with E-state index in [4.69, 9.17) is 4.42 Å². The number of carbonyl (C=O) groups is 1. The number of benzene rings is 1. The number of carbonyl (C=O) groups excluding carboxylic acids is 1. The summed E-state index contributed by atoms with van der Waals surface area (Å²) in [5, 5.41) is 12.1. The van der Waals surface area contributed by atoms with Crippen LogP contribution in [0.2, 0.25) is 0 Å². The van der Waals surface area contributed by atoms with E-state index in [2.05, 4.69) is 5.32 Å². The number of hydrogen-bond donors (Lipinski definition) is 2. The third-order valence-corrected chi connectivity index (χ3v) is 3.08. The molecule has 0 saturated carbocycles. The summed E-state index contributed by atoms with van der Waals surface area (Å²) >= 11 is 0. The highest BCUT2D eigenvalue weighted by molar-refractivity contribution is 5.97. The van der Waals surface area contributed by atoms with Gasteiger partial charge in [0.25, 0.3) is 5.91 Å². The molecule has 0 saturated heterocycles. The number of aliphatic hydroxyl groups is 1. The summed E-state index contributed by atoms with van der Waals surface area (Å²) < 4.78 is 5.21. The number of amides is 1. The third kappa shape index (κ3) is 2.85. The number of nitrogens with one attached hydrogen (secondary N) is 1. The molecule has 4 heteroatoms. The summed E-state index contributed by atoms with van der Waals surface area (Å²) in [5.41, 5.74) is 2.47. The second-order valence-corrected chi connectivity index (χ2v) is 4.49. The number of aryl methyl sites for hydroxylation is 2. The SMILES string of the molecule is Cc1cccc(C)c1C(=O)NC(CO)c1ccco1. The molecule has 2 aromatic rings. The van der Waals surface area contributed by atoms with E-state index in [1.165, 1.54) is 6.26 Å². The van der Waals surface area contributed by atoms with Crippen LogP contribution in [-0.4, -0.2) is 17.6 Å². The molecule has 1 aromatic carbocycles. The molecule has 0 radical (unpaired) electrons. The average Bonchev–Trinajstić information content (AvgIpc) is 2.89. The molecule has 0 aliphatic rings. The first-order chi connectivity index (χ1) is 9.13. The minimum absolute atomic E-state index is 0.203. The van der Waals surface area contributed by atoms with E-state index in [9.17, 15) is 9.90 Å². The Morgan fingerprint density at radius 3 is 2.47 bits per heavy atom. The third-order valence-electron chi connectivity index (χ3n) is 3.08. The Balaban J connectivity index is 2.21. The Morgan fingerprint density at radius 2 is 1.95 bits per heavy atom. The monoisotopic (exact) mass is 259 g/mol. The fourth-order valence-corrected chi connectivity index (χ4v) is 2.10. The molecule has 1 aromatic heterocycles. The van der Waals surface area contributed by atoms with Crippen molar-refractivity contribution >= 4 is 5.91 Å². The lowest BCUT2D eigenvalue weighted by molar-refractivity contribution is 0.0906. The van der Waals surface area contributed by atoms with Gasteiger partial charge in [-0.3, -0.25) is 4.79 Å². The van der Waals surface area contributed by atoms with E-state index in [-0.39, 0.29) is 12.5 Å². The Labute approximate surface area is 112 Å². The fourth-order valence-electron chi connectivity index (χ4n) is 2.10.